The first-order valence-electron chi connectivity index (χ1n) is 7.38. The van der Waals surface area contributed by atoms with Crippen LogP contribution in [0.4, 0.5) is 5.69 Å². The van der Waals surface area contributed by atoms with E-state index in [4.69, 9.17) is 11.6 Å². The van der Waals surface area contributed by atoms with Crippen molar-refractivity contribution >= 4 is 34.0 Å². The van der Waals surface area contributed by atoms with Crippen molar-refractivity contribution < 1.29 is 9.00 Å². The van der Waals surface area contributed by atoms with Crippen LogP contribution in [-0.4, -0.2) is 16.4 Å². The van der Waals surface area contributed by atoms with Crippen molar-refractivity contribution in [3.05, 3.63) is 64.2 Å². The van der Waals surface area contributed by atoms with Gasteiger partial charge in [-0.3, -0.25) is 9.00 Å². The number of hydrogen-bond acceptors (Lipinski definition) is 2. The van der Waals surface area contributed by atoms with E-state index in [-0.39, 0.29) is 5.91 Å². The molecule has 122 valence electrons. The predicted molar refractivity (Wildman–Crippen MR) is 97.4 cm³/mol. The molecule has 2 aromatic rings. The molecule has 0 spiro atoms. The molecule has 0 heterocycles. The minimum Gasteiger partial charge on any atom is -0.326 e. The zero-order valence-electron chi connectivity index (χ0n) is 13.3. The number of benzene rings is 2. The fourth-order valence-corrected chi connectivity index (χ4v) is 3.32. The molecule has 0 saturated heterocycles. The normalized spacial score (nSPS) is 12.0. The number of nitrogens with one attached hydrogen (secondary N) is 1. The SMILES string of the molecule is Cc1c(C[S@@](C)=O)cccc1NC(=O)CCc1cccc(Cl)c1. The monoisotopic (exact) mass is 349 g/mol. The highest BCUT2D eigenvalue weighted by molar-refractivity contribution is 7.83. The molecule has 2 aromatic carbocycles. The maximum atomic E-state index is 12.2. The van der Waals surface area contributed by atoms with Gasteiger partial charge >= 0.3 is 0 Å². The third-order valence-electron chi connectivity index (χ3n) is 3.61. The predicted octanol–water partition coefficient (Wildman–Crippen LogP) is 4.10. The van der Waals surface area contributed by atoms with E-state index in [1.807, 2.05) is 49.4 Å². The second-order valence-corrected chi connectivity index (χ2v) is 7.36. The van der Waals surface area contributed by atoms with Crippen molar-refractivity contribution in [2.24, 2.45) is 0 Å². The van der Waals surface area contributed by atoms with Gasteiger partial charge in [-0.25, -0.2) is 0 Å². The van der Waals surface area contributed by atoms with Gasteiger partial charge in [-0.15, -0.1) is 0 Å². The van der Waals surface area contributed by atoms with Crippen molar-refractivity contribution in [3.63, 3.8) is 0 Å². The van der Waals surface area contributed by atoms with Gasteiger partial charge in [0.15, 0.2) is 0 Å². The van der Waals surface area contributed by atoms with Gasteiger partial charge in [-0.2, -0.15) is 0 Å². The molecule has 2 rings (SSSR count). The number of hydrogen-bond donors (Lipinski definition) is 1. The molecule has 0 aliphatic carbocycles. The largest absolute Gasteiger partial charge is 0.326 e. The summed E-state index contributed by atoms with van der Waals surface area (Å²) < 4.78 is 11.4. The van der Waals surface area contributed by atoms with Crippen LogP contribution in [0.15, 0.2) is 42.5 Å². The Hall–Kier alpha value is -1.65. The van der Waals surface area contributed by atoms with Crippen molar-refractivity contribution in [3.8, 4) is 0 Å². The molecule has 0 aliphatic heterocycles. The summed E-state index contributed by atoms with van der Waals surface area (Å²) in [5, 5.41) is 3.62. The topological polar surface area (TPSA) is 46.2 Å². The number of carbonyl (C=O) groups excluding carboxylic acids is 1. The lowest BCUT2D eigenvalue weighted by Crippen LogP contribution is -2.14. The Bertz CT molecular complexity index is 731. The van der Waals surface area contributed by atoms with Crippen LogP contribution < -0.4 is 5.32 Å². The average Bonchev–Trinajstić information content (AvgIpc) is 2.49. The first-order chi connectivity index (χ1) is 11.0. The van der Waals surface area contributed by atoms with E-state index in [0.29, 0.717) is 23.6 Å². The molecule has 1 N–H and O–H groups in total. The van der Waals surface area contributed by atoms with Crippen LogP contribution in [0.25, 0.3) is 0 Å². The molecule has 1 amide bonds. The van der Waals surface area contributed by atoms with E-state index in [9.17, 15) is 9.00 Å². The zero-order chi connectivity index (χ0) is 16.8. The zero-order valence-corrected chi connectivity index (χ0v) is 14.8. The van der Waals surface area contributed by atoms with Crippen LogP contribution >= 0.6 is 11.6 Å². The second kappa shape index (κ2) is 8.27. The maximum absolute atomic E-state index is 12.2. The summed E-state index contributed by atoms with van der Waals surface area (Å²) in [5.74, 6) is 0.459. The molecule has 5 heteroatoms. The van der Waals surface area contributed by atoms with Gasteiger partial charge < -0.3 is 5.32 Å². The minimum absolute atomic E-state index is 0.0390. The first-order valence-corrected chi connectivity index (χ1v) is 9.49. The van der Waals surface area contributed by atoms with Crippen LogP contribution in [0.1, 0.15) is 23.1 Å². The molecule has 0 aliphatic rings. The summed E-state index contributed by atoms with van der Waals surface area (Å²) in [5.41, 5.74) is 3.79. The molecule has 1 atom stereocenters. The van der Waals surface area contributed by atoms with Gasteiger partial charge in [0.2, 0.25) is 5.91 Å². The second-order valence-electron chi connectivity index (χ2n) is 5.49. The van der Waals surface area contributed by atoms with Crippen molar-refractivity contribution in [1.82, 2.24) is 0 Å². The number of halogens is 1. The highest BCUT2D eigenvalue weighted by Crippen LogP contribution is 2.20. The average molecular weight is 350 g/mol. The smallest absolute Gasteiger partial charge is 0.224 e. The van der Waals surface area contributed by atoms with Gasteiger partial charge in [-0.1, -0.05) is 35.9 Å². The summed E-state index contributed by atoms with van der Waals surface area (Å²) in [4.78, 5) is 12.2. The van der Waals surface area contributed by atoms with Crippen LogP contribution in [0.2, 0.25) is 5.02 Å². The molecular formula is C18H20ClNO2S. The number of carbonyl (C=O) groups is 1. The summed E-state index contributed by atoms with van der Waals surface area (Å²) in [6.07, 6.45) is 2.71. The molecule has 0 fully saturated rings. The van der Waals surface area contributed by atoms with Crippen molar-refractivity contribution in [1.29, 1.82) is 0 Å². The Labute approximate surface area is 144 Å². The molecule has 23 heavy (non-hydrogen) atoms. The number of amides is 1. The summed E-state index contributed by atoms with van der Waals surface area (Å²) in [6, 6.07) is 13.2. The standard InChI is InChI=1S/C18H20ClNO2S/c1-13-15(12-23(2)22)6-4-8-17(13)20-18(21)10-9-14-5-3-7-16(19)11-14/h3-8,11H,9-10,12H2,1-2H3,(H,20,21)/t23-/m1/s1. The lowest BCUT2D eigenvalue weighted by atomic mass is 10.1. The van der Waals surface area contributed by atoms with Crippen LogP contribution in [0.3, 0.4) is 0 Å². The number of anilines is 1. The van der Waals surface area contributed by atoms with Crippen LogP contribution in [0, 0.1) is 6.92 Å². The van der Waals surface area contributed by atoms with Gasteiger partial charge in [0.05, 0.1) is 0 Å². The van der Waals surface area contributed by atoms with Gasteiger partial charge in [0.1, 0.15) is 0 Å². The third-order valence-corrected chi connectivity index (χ3v) is 4.56. The quantitative estimate of drug-likeness (QED) is 0.853. The van der Waals surface area contributed by atoms with Crippen LogP contribution in [-0.2, 0) is 27.8 Å². The molecule has 0 unspecified atom stereocenters. The minimum atomic E-state index is -0.904. The van der Waals surface area contributed by atoms with Gasteiger partial charge in [-0.05, 0) is 48.2 Å². The third kappa shape index (κ3) is 5.48. The van der Waals surface area contributed by atoms with E-state index < -0.39 is 10.8 Å². The van der Waals surface area contributed by atoms with Gasteiger partial charge in [0, 0.05) is 39.9 Å². The molecule has 0 radical (unpaired) electrons. The van der Waals surface area contributed by atoms with E-state index in [1.165, 1.54) is 0 Å². The lowest BCUT2D eigenvalue weighted by Gasteiger charge is -2.12. The summed E-state index contributed by atoms with van der Waals surface area (Å²) >= 11 is 5.94. The Morgan fingerprint density at radius 1 is 1.22 bits per heavy atom. The Morgan fingerprint density at radius 2 is 1.96 bits per heavy atom. The summed E-state index contributed by atoms with van der Waals surface area (Å²) in [7, 11) is -0.904. The van der Waals surface area contributed by atoms with E-state index in [0.717, 1.165) is 22.4 Å². The Morgan fingerprint density at radius 3 is 2.65 bits per heavy atom. The lowest BCUT2D eigenvalue weighted by molar-refractivity contribution is -0.116. The molecule has 0 saturated carbocycles. The molecule has 0 aromatic heterocycles. The van der Waals surface area contributed by atoms with E-state index in [1.54, 1.807) is 6.26 Å². The molecular weight excluding hydrogens is 330 g/mol. The van der Waals surface area contributed by atoms with Gasteiger partial charge in [0.25, 0.3) is 0 Å². The van der Waals surface area contributed by atoms with E-state index >= 15 is 0 Å². The molecule has 0 bridgehead atoms. The highest BCUT2D eigenvalue weighted by Gasteiger charge is 2.09. The first kappa shape index (κ1) is 17.7. The number of aryl methyl sites for hydroxylation is 1. The Kier molecular flexibility index (Phi) is 6.37. The fraction of sp³-hybridized carbons (Fsp3) is 0.278. The Balaban J connectivity index is 1.99. The van der Waals surface area contributed by atoms with Crippen LogP contribution in [0.5, 0.6) is 0 Å². The fourth-order valence-electron chi connectivity index (χ4n) is 2.36. The molecule has 3 nitrogen and oxygen atoms in total. The highest BCUT2D eigenvalue weighted by atomic mass is 35.5. The number of rotatable bonds is 6. The van der Waals surface area contributed by atoms with E-state index in [2.05, 4.69) is 5.32 Å². The van der Waals surface area contributed by atoms with Crippen molar-refractivity contribution in [2.75, 3.05) is 11.6 Å². The maximum Gasteiger partial charge on any atom is 0.224 e. The summed E-state index contributed by atoms with van der Waals surface area (Å²) in [6.45, 7) is 1.94. The van der Waals surface area contributed by atoms with Crippen molar-refractivity contribution in [2.45, 2.75) is 25.5 Å².